The van der Waals surface area contributed by atoms with Crippen molar-refractivity contribution in [2.75, 3.05) is 26.8 Å². The third kappa shape index (κ3) is 3.12. The van der Waals surface area contributed by atoms with Crippen LogP contribution in [0.5, 0.6) is 0 Å². The van der Waals surface area contributed by atoms with E-state index >= 15 is 0 Å². The molecule has 1 amide bonds. The Kier molecular flexibility index (Phi) is 4.16. The van der Waals surface area contributed by atoms with E-state index in [4.69, 9.17) is 4.74 Å². The van der Waals surface area contributed by atoms with E-state index in [0.29, 0.717) is 18.7 Å². The van der Waals surface area contributed by atoms with Crippen molar-refractivity contribution in [3.05, 3.63) is 35.4 Å². The summed E-state index contributed by atoms with van der Waals surface area (Å²) in [5.74, 6) is -0.529. The van der Waals surface area contributed by atoms with Crippen LogP contribution in [0, 0.1) is 6.92 Å². The highest BCUT2D eigenvalue weighted by Gasteiger charge is 2.30. The summed E-state index contributed by atoms with van der Waals surface area (Å²) in [5.41, 5.74) is 1.72. The zero-order valence-corrected chi connectivity index (χ0v) is 11.1. The van der Waals surface area contributed by atoms with Gasteiger partial charge >= 0.3 is 5.97 Å². The molecule has 1 aromatic carbocycles. The number of carbonyl (C=O) groups is 2. The Labute approximate surface area is 112 Å². The summed E-state index contributed by atoms with van der Waals surface area (Å²) in [4.78, 5) is 25.3. The van der Waals surface area contributed by atoms with Crippen LogP contribution in [0.25, 0.3) is 0 Å². The first-order chi connectivity index (χ1) is 9.11. The fourth-order valence-corrected chi connectivity index (χ4v) is 1.99. The summed E-state index contributed by atoms with van der Waals surface area (Å²) in [6.07, 6.45) is -0.687. The number of aryl methyl sites for hydroxylation is 1. The molecule has 1 atom stereocenters. The highest BCUT2D eigenvalue weighted by molar-refractivity contribution is 5.94. The summed E-state index contributed by atoms with van der Waals surface area (Å²) in [6, 6.07) is 7.37. The molecule has 1 aliphatic rings. The Morgan fingerprint density at radius 2 is 2.00 bits per heavy atom. The zero-order chi connectivity index (χ0) is 13.8. The maximum Gasteiger partial charge on any atom is 0.336 e. The number of amides is 1. The molecule has 0 aromatic heterocycles. The molecule has 0 spiro atoms. The topological polar surface area (TPSA) is 55.8 Å². The molecule has 1 aliphatic heterocycles. The number of rotatable bonds is 2. The number of esters is 1. The minimum atomic E-state index is -0.687. The molecule has 5 nitrogen and oxygen atoms in total. The van der Waals surface area contributed by atoms with E-state index in [1.54, 1.807) is 17.0 Å². The van der Waals surface area contributed by atoms with Crippen LogP contribution in [0.1, 0.15) is 15.9 Å². The zero-order valence-electron chi connectivity index (χ0n) is 11.1. The molecule has 1 fully saturated rings. The van der Waals surface area contributed by atoms with Crippen molar-refractivity contribution in [3.63, 3.8) is 0 Å². The van der Waals surface area contributed by atoms with Crippen molar-refractivity contribution >= 4 is 11.9 Å². The Morgan fingerprint density at radius 3 is 2.63 bits per heavy atom. The van der Waals surface area contributed by atoms with Crippen LogP contribution in [0.15, 0.2) is 24.3 Å². The van der Waals surface area contributed by atoms with Gasteiger partial charge in [-0.05, 0) is 19.1 Å². The Bertz CT molecular complexity index is 469. The molecule has 102 valence electrons. The lowest BCUT2D eigenvalue weighted by Gasteiger charge is -2.31. The van der Waals surface area contributed by atoms with Crippen molar-refractivity contribution < 1.29 is 19.1 Å². The highest BCUT2D eigenvalue weighted by atomic mass is 16.6. The summed E-state index contributed by atoms with van der Waals surface area (Å²) >= 11 is 0. The molecular weight excluding hydrogens is 246 g/mol. The van der Waals surface area contributed by atoms with Crippen LogP contribution in [-0.4, -0.2) is 49.7 Å². The van der Waals surface area contributed by atoms with Crippen molar-refractivity contribution in [2.45, 2.75) is 13.0 Å². The largest absolute Gasteiger partial charge is 0.467 e. The normalized spacial score (nSPS) is 19.1. The molecule has 2 rings (SSSR count). The first-order valence-corrected chi connectivity index (χ1v) is 6.17. The fourth-order valence-electron chi connectivity index (χ4n) is 1.99. The number of methoxy groups -OCH3 is 1. The van der Waals surface area contributed by atoms with E-state index in [0.717, 1.165) is 5.56 Å². The summed E-state index contributed by atoms with van der Waals surface area (Å²) in [6.45, 7) is 3.03. The monoisotopic (exact) mass is 263 g/mol. The van der Waals surface area contributed by atoms with Gasteiger partial charge in [0.15, 0.2) is 6.10 Å². The minimum Gasteiger partial charge on any atom is -0.467 e. The number of nitrogens with zero attached hydrogens (tertiary/aromatic N) is 1. The lowest BCUT2D eigenvalue weighted by molar-refractivity contribution is -0.158. The van der Waals surface area contributed by atoms with Gasteiger partial charge in [-0.15, -0.1) is 0 Å². The lowest BCUT2D eigenvalue weighted by atomic mass is 10.1. The summed E-state index contributed by atoms with van der Waals surface area (Å²) < 4.78 is 9.93. The molecule has 0 bridgehead atoms. The van der Waals surface area contributed by atoms with Crippen molar-refractivity contribution in [1.29, 1.82) is 0 Å². The smallest absolute Gasteiger partial charge is 0.336 e. The van der Waals surface area contributed by atoms with E-state index in [9.17, 15) is 9.59 Å². The Balaban J connectivity index is 2.06. The number of hydrogen-bond donors (Lipinski definition) is 0. The molecule has 1 heterocycles. The maximum atomic E-state index is 12.3. The van der Waals surface area contributed by atoms with Gasteiger partial charge in [-0.1, -0.05) is 17.7 Å². The number of morpholine rings is 1. The molecule has 0 radical (unpaired) electrons. The first-order valence-electron chi connectivity index (χ1n) is 6.17. The molecule has 0 N–H and O–H groups in total. The van der Waals surface area contributed by atoms with Gasteiger partial charge in [0.05, 0.1) is 20.3 Å². The van der Waals surface area contributed by atoms with Gasteiger partial charge in [0.25, 0.3) is 5.91 Å². The predicted molar refractivity (Wildman–Crippen MR) is 68.8 cm³/mol. The molecule has 1 aromatic rings. The molecule has 19 heavy (non-hydrogen) atoms. The molecule has 1 saturated heterocycles. The van der Waals surface area contributed by atoms with Crippen LogP contribution in [0.4, 0.5) is 0 Å². The van der Waals surface area contributed by atoms with Crippen molar-refractivity contribution in [3.8, 4) is 0 Å². The van der Waals surface area contributed by atoms with Crippen molar-refractivity contribution in [1.82, 2.24) is 4.90 Å². The van der Waals surface area contributed by atoms with Crippen LogP contribution in [0.3, 0.4) is 0 Å². The number of hydrogen-bond acceptors (Lipinski definition) is 4. The molecule has 0 saturated carbocycles. The lowest BCUT2D eigenvalue weighted by Crippen LogP contribution is -2.48. The third-order valence-electron chi connectivity index (χ3n) is 3.12. The summed E-state index contributed by atoms with van der Waals surface area (Å²) in [7, 11) is 1.31. The average molecular weight is 263 g/mol. The number of benzene rings is 1. The summed E-state index contributed by atoms with van der Waals surface area (Å²) in [5, 5.41) is 0. The van der Waals surface area contributed by atoms with E-state index in [1.165, 1.54) is 7.11 Å². The van der Waals surface area contributed by atoms with Gasteiger partial charge < -0.3 is 14.4 Å². The minimum absolute atomic E-state index is 0.0859. The van der Waals surface area contributed by atoms with Gasteiger partial charge in [-0.2, -0.15) is 0 Å². The number of carbonyl (C=O) groups excluding carboxylic acids is 2. The Hall–Kier alpha value is -1.88. The Morgan fingerprint density at radius 1 is 1.32 bits per heavy atom. The SMILES string of the molecule is COC(=O)C1CN(C(=O)c2ccc(C)cc2)CCO1. The second-order valence-corrected chi connectivity index (χ2v) is 4.50. The van der Waals surface area contributed by atoms with Gasteiger partial charge in [0, 0.05) is 12.1 Å². The fraction of sp³-hybridized carbons (Fsp3) is 0.429. The highest BCUT2D eigenvalue weighted by Crippen LogP contribution is 2.12. The average Bonchev–Trinajstić information content (AvgIpc) is 2.46. The first kappa shape index (κ1) is 13.5. The van der Waals surface area contributed by atoms with Gasteiger partial charge in [0.2, 0.25) is 0 Å². The van der Waals surface area contributed by atoms with E-state index in [2.05, 4.69) is 4.74 Å². The molecule has 0 aliphatic carbocycles. The van der Waals surface area contributed by atoms with Gasteiger partial charge in [-0.3, -0.25) is 4.79 Å². The second kappa shape index (κ2) is 5.84. The van der Waals surface area contributed by atoms with E-state index < -0.39 is 12.1 Å². The van der Waals surface area contributed by atoms with Crippen LogP contribution in [-0.2, 0) is 14.3 Å². The molecular formula is C14H17NO4. The van der Waals surface area contributed by atoms with Crippen LogP contribution >= 0.6 is 0 Å². The van der Waals surface area contributed by atoms with E-state index in [1.807, 2.05) is 19.1 Å². The standard InChI is InChI=1S/C14H17NO4/c1-10-3-5-11(6-4-10)13(16)15-7-8-19-12(9-15)14(17)18-2/h3-6,12H,7-9H2,1-2H3. The number of ether oxygens (including phenoxy) is 2. The second-order valence-electron chi connectivity index (χ2n) is 4.50. The van der Waals surface area contributed by atoms with E-state index in [-0.39, 0.29) is 12.5 Å². The predicted octanol–water partition coefficient (Wildman–Crippen LogP) is 1.01. The quantitative estimate of drug-likeness (QED) is 0.747. The molecule has 5 heteroatoms. The van der Waals surface area contributed by atoms with Crippen LogP contribution in [0.2, 0.25) is 0 Å². The van der Waals surface area contributed by atoms with Gasteiger partial charge in [0.1, 0.15) is 0 Å². The maximum absolute atomic E-state index is 12.3. The third-order valence-corrected chi connectivity index (χ3v) is 3.12. The molecule has 1 unspecified atom stereocenters. The van der Waals surface area contributed by atoms with Gasteiger partial charge in [-0.25, -0.2) is 4.79 Å². The van der Waals surface area contributed by atoms with Crippen molar-refractivity contribution in [2.24, 2.45) is 0 Å². The van der Waals surface area contributed by atoms with Crippen LogP contribution < -0.4 is 0 Å².